The lowest BCUT2D eigenvalue weighted by molar-refractivity contribution is 0.0663. The van der Waals surface area contributed by atoms with Gasteiger partial charge in [-0.15, -0.1) is 0 Å². The summed E-state index contributed by atoms with van der Waals surface area (Å²) in [5.41, 5.74) is 1.40. The van der Waals surface area contributed by atoms with E-state index in [-0.39, 0.29) is 17.1 Å². The zero-order valence-corrected chi connectivity index (χ0v) is 14.8. The largest absolute Gasteiger partial charge is 0.450 e. The van der Waals surface area contributed by atoms with Crippen molar-refractivity contribution in [2.45, 2.75) is 6.04 Å². The third-order valence-electron chi connectivity index (χ3n) is 4.60. The smallest absolute Gasteiger partial charge is 0.290 e. The van der Waals surface area contributed by atoms with Crippen molar-refractivity contribution in [3.63, 3.8) is 0 Å². The summed E-state index contributed by atoms with van der Waals surface area (Å²) in [5, 5.41) is 1.05. The number of halogens is 1. The highest BCUT2D eigenvalue weighted by Gasteiger charge is 2.42. The van der Waals surface area contributed by atoms with Gasteiger partial charge in [0.1, 0.15) is 5.58 Å². The molecule has 0 N–H and O–H groups in total. The van der Waals surface area contributed by atoms with Crippen molar-refractivity contribution < 1.29 is 13.9 Å². The fourth-order valence-corrected chi connectivity index (χ4v) is 3.51. The molecule has 132 valence electrons. The molecule has 4 rings (SSSR count). The maximum Gasteiger partial charge on any atom is 0.290 e. The zero-order chi connectivity index (χ0) is 18.3. The van der Waals surface area contributed by atoms with Gasteiger partial charge >= 0.3 is 0 Å². The van der Waals surface area contributed by atoms with Crippen molar-refractivity contribution in [2.75, 3.05) is 20.3 Å². The molecule has 0 fully saturated rings. The van der Waals surface area contributed by atoms with Gasteiger partial charge in [0.25, 0.3) is 5.91 Å². The van der Waals surface area contributed by atoms with Gasteiger partial charge < -0.3 is 14.1 Å². The van der Waals surface area contributed by atoms with E-state index >= 15 is 0 Å². The molecule has 1 aliphatic heterocycles. The normalized spacial score (nSPS) is 16.3. The van der Waals surface area contributed by atoms with E-state index in [2.05, 4.69) is 0 Å². The Balaban J connectivity index is 1.96. The molecule has 2 aromatic carbocycles. The van der Waals surface area contributed by atoms with Crippen LogP contribution in [0, 0.1) is 0 Å². The first kappa shape index (κ1) is 16.8. The van der Waals surface area contributed by atoms with Crippen molar-refractivity contribution >= 4 is 28.5 Å². The van der Waals surface area contributed by atoms with Crippen molar-refractivity contribution in [3.8, 4) is 0 Å². The molecule has 1 amide bonds. The molecule has 0 bridgehead atoms. The summed E-state index contributed by atoms with van der Waals surface area (Å²) in [6, 6.07) is 13.6. The lowest BCUT2D eigenvalue weighted by atomic mass is 9.98. The minimum Gasteiger partial charge on any atom is -0.450 e. The summed E-state index contributed by atoms with van der Waals surface area (Å²) in [5.74, 6) is -0.204. The van der Waals surface area contributed by atoms with Crippen LogP contribution in [-0.2, 0) is 4.74 Å². The Morgan fingerprint density at radius 1 is 1.12 bits per heavy atom. The van der Waals surface area contributed by atoms with E-state index in [1.807, 2.05) is 12.1 Å². The number of hydrogen-bond donors (Lipinski definition) is 0. The molecular weight excluding hydrogens is 354 g/mol. The van der Waals surface area contributed by atoms with Gasteiger partial charge in [-0.05, 0) is 29.8 Å². The van der Waals surface area contributed by atoms with Gasteiger partial charge in [-0.3, -0.25) is 9.59 Å². The van der Waals surface area contributed by atoms with Crippen LogP contribution in [0.25, 0.3) is 11.0 Å². The first-order chi connectivity index (χ1) is 12.6. The summed E-state index contributed by atoms with van der Waals surface area (Å²) in [6.45, 7) is 0.708. The minimum absolute atomic E-state index is 0.102. The minimum atomic E-state index is -0.522. The molecule has 3 aromatic rings. The number of carbonyl (C=O) groups is 1. The third kappa shape index (κ3) is 2.60. The second-order valence-electron chi connectivity index (χ2n) is 6.12. The number of fused-ring (bicyclic) bond motifs is 2. The number of carbonyl (C=O) groups excluding carboxylic acids is 1. The Morgan fingerprint density at radius 3 is 2.58 bits per heavy atom. The second kappa shape index (κ2) is 6.59. The predicted octanol–water partition coefficient (Wildman–Crippen LogP) is 3.64. The Bertz CT molecular complexity index is 1040. The van der Waals surface area contributed by atoms with Crippen molar-refractivity contribution in [2.24, 2.45) is 0 Å². The van der Waals surface area contributed by atoms with Gasteiger partial charge in [-0.1, -0.05) is 35.9 Å². The number of amides is 1. The molecule has 6 heteroatoms. The SMILES string of the molecule is COCCN1C(=O)c2oc3ccccc3c(=O)c2[C@@H]1c1ccc(Cl)cc1. The Hall–Kier alpha value is -2.63. The molecular formula is C20H16ClNO4. The first-order valence-electron chi connectivity index (χ1n) is 8.23. The topological polar surface area (TPSA) is 59.8 Å². The highest BCUT2D eigenvalue weighted by Crippen LogP contribution is 2.38. The fraction of sp³-hybridized carbons (Fsp3) is 0.200. The first-order valence-corrected chi connectivity index (χ1v) is 8.60. The number of benzene rings is 2. The van der Waals surface area contributed by atoms with Crippen molar-refractivity contribution in [1.29, 1.82) is 0 Å². The van der Waals surface area contributed by atoms with E-state index in [4.69, 9.17) is 20.8 Å². The average molecular weight is 370 g/mol. The molecule has 0 radical (unpaired) electrons. The van der Waals surface area contributed by atoms with Crippen LogP contribution >= 0.6 is 11.6 Å². The van der Waals surface area contributed by atoms with Gasteiger partial charge in [-0.25, -0.2) is 0 Å². The van der Waals surface area contributed by atoms with E-state index < -0.39 is 6.04 Å². The molecule has 2 heterocycles. The fourth-order valence-electron chi connectivity index (χ4n) is 3.38. The second-order valence-corrected chi connectivity index (χ2v) is 6.55. The maximum atomic E-state index is 13.1. The van der Waals surface area contributed by atoms with Crippen LogP contribution in [0.15, 0.2) is 57.7 Å². The van der Waals surface area contributed by atoms with Crippen LogP contribution in [0.1, 0.15) is 27.7 Å². The third-order valence-corrected chi connectivity index (χ3v) is 4.85. The van der Waals surface area contributed by atoms with Gasteiger partial charge in [0.15, 0.2) is 5.43 Å². The zero-order valence-electron chi connectivity index (χ0n) is 14.1. The van der Waals surface area contributed by atoms with E-state index in [0.29, 0.717) is 34.7 Å². The Kier molecular flexibility index (Phi) is 4.26. The number of ether oxygens (including phenoxy) is 1. The average Bonchev–Trinajstić information content (AvgIpc) is 2.93. The monoisotopic (exact) mass is 369 g/mol. The molecule has 26 heavy (non-hydrogen) atoms. The maximum absolute atomic E-state index is 13.1. The van der Waals surface area contributed by atoms with E-state index in [0.717, 1.165) is 5.56 Å². The van der Waals surface area contributed by atoms with Gasteiger partial charge in [-0.2, -0.15) is 0 Å². The highest BCUT2D eigenvalue weighted by molar-refractivity contribution is 6.30. The number of methoxy groups -OCH3 is 1. The van der Waals surface area contributed by atoms with Crippen LogP contribution in [0.2, 0.25) is 5.02 Å². The van der Waals surface area contributed by atoms with E-state index in [1.54, 1.807) is 48.4 Å². The molecule has 0 unspecified atom stereocenters. The summed E-state index contributed by atoms with van der Waals surface area (Å²) in [4.78, 5) is 27.7. The van der Waals surface area contributed by atoms with Crippen molar-refractivity contribution in [3.05, 3.63) is 80.7 Å². The highest BCUT2D eigenvalue weighted by atomic mass is 35.5. The quantitative estimate of drug-likeness (QED) is 0.704. The number of para-hydroxylation sites is 1. The van der Waals surface area contributed by atoms with Gasteiger partial charge in [0.05, 0.1) is 23.6 Å². The van der Waals surface area contributed by atoms with Gasteiger partial charge in [0, 0.05) is 18.7 Å². The molecule has 0 aliphatic carbocycles. The molecule has 1 aromatic heterocycles. The Labute approximate surface area is 154 Å². The molecule has 1 atom stereocenters. The van der Waals surface area contributed by atoms with E-state index in [9.17, 15) is 9.59 Å². The standard InChI is InChI=1S/C20H16ClNO4/c1-25-11-10-22-17(12-6-8-13(21)9-7-12)16-18(23)14-4-2-3-5-15(14)26-19(16)20(22)24/h2-9,17H,10-11H2,1H3/t17-/m0/s1. The Morgan fingerprint density at radius 2 is 1.85 bits per heavy atom. The van der Waals surface area contributed by atoms with Crippen LogP contribution < -0.4 is 5.43 Å². The number of nitrogens with zero attached hydrogens (tertiary/aromatic N) is 1. The van der Waals surface area contributed by atoms with Crippen LogP contribution in [-0.4, -0.2) is 31.1 Å². The number of rotatable bonds is 4. The molecule has 0 saturated heterocycles. The lowest BCUT2D eigenvalue weighted by Gasteiger charge is -2.24. The van der Waals surface area contributed by atoms with Crippen LogP contribution in [0.3, 0.4) is 0 Å². The number of hydrogen-bond acceptors (Lipinski definition) is 4. The summed E-state index contributed by atoms with van der Waals surface area (Å²) >= 11 is 6.00. The van der Waals surface area contributed by atoms with Gasteiger partial charge in [0.2, 0.25) is 5.76 Å². The molecule has 0 spiro atoms. The molecule has 1 aliphatic rings. The summed E-state index contributed by atoms with van der Waals surface area (Å²) in [6.07, 6.45) is 0. The van der Waals surface area contributed by atoms with Crippen LogP contribution in [0.4, 0.5) is 0 Å². The van der Waals surface area contributed by atoms with Crippen molar-refractivity contribution in [1.82, 2.24) is 4.90 Å². The summed E-state index contributed by atoms with van der Waals surface area (Å²) < 4.78 is 11.0. The van der Waals surface area contributed by atoms with Crippen LogP contribution in [0.5, 0.6) is 0 Å². The van der Waals surface area contributed by atoms with E-state index in [1.165, 1.54) is 0 Å². The lowest BCUT2D eigenvalue weighted by Crippen LogP contribution is -2.32. The molecule has 5 nitrogen and oxygen atoms in total. The summed E-state index contributed by atoms with van der Waals surface area (Å²) in [7, 11) is 1.57. The molecule has 0 saturated carbocycles. The predicted molar refractivity (Wildman–Crippen MR) is 98.7 cm³/mol.